The van der Waals surface area contributed by atoms with Gasteiger partial charge in [0.2, 0.25) is 0 Å². The van der Waals surface area contributed by atoms with E-state index in [0.29, 0.717) is 0 Å². The van der Waals surface area contributed by atoms with E-state index < -0.39 is 11.8 Å². The topological polar surface area (TPSA) is 72.6 Å². The number of carbonyl (C=O) groups is 1. The summed E-state index contributed by atoms with van der Waals surface area (Å²) in [6, 6.07) is 3.43. The van der Waals surface area contributed by atoms with Crippen LogP contribution in [0.25, 0.3) is 0 Å². The van der Waals surface area contributed by atoms with Crippen molar-refractivity contribution in [1.82, 2.24) is 0 Å². The molecular formula is C9H10FNO3. The molecule has 1 aromatic carbocycles. The summed E-state index contributed by atoms with van der Waals surface area (Å²) in [6.45, 7) is -0.383. The summed E-state index contributed by atoms with van der Waals surface area (Å²) in [7, 11) is 0. The molecule has 0 saturated carbocycles. The molecule has 1 rings (SSSR count). The minimum atomic E-state index is -0.703. The molecule has 0 aliphatic carbocycles. The van der Waals surface area contributed by atoms with E-state index in [9.17, 15) is 9.18 Å². The number of hydrogen-bond acceptors (Lipinski definition) is 4. The number of ether oxygens (including phenoxy) is 1. The maximum atomic E-state index is 12.8. The van der Waals surface area contributed by atoms with Crippen molar-refractivity contribution in [3.63, 3.8) is 0 Å². The Bertz CT molecular complexity index is 321. The van der Waals surface area contributed by atoms with Crippen molar-refractivity contribution >= 4 is 11.7 Å². The summed E-state index contributed by atoms with van der Waals surface area (Å²) in [5.41, 5.74) is 5.52. The molecule has 0 radical (unpaired) electrons. The van der Waals surface area contributed by atoms with Crippen LogP contribution in [-0.4, -0.2) is 24.3 Å². The second-order valence-corrected chi connectivity index (χ2v) is 2.63. The standard InChI is InChI=1S/C9H10FNO3/c10-7-3-6(4-8(11)5-7)9(13)14-2-1-12/h3-5,12H,1-2,11H2. The number of hydrogen-bond donors (Lipinski definition) is 2. The number of benzene rings is 1. The molecule has 3 N–H and O–H groups in total. The summed E-state index contributed by atoms with van der Waals surface area (Å²) in [4.78, 5) is 11.2. The third-order valence-electron chi connectivity index (χ3n) is 1.48. The van der Waals surface area contributed by atoms with E-state index in [1.807, 2.05) is 0 Å². The first kappa shape index (κ1) is 10.5. The van der Waals surface area contributed by atoms with Crippen molar-refractivity contribution in [2.45, 2.75) is 0 Å². The molecule has 0 aromatic heterocycles. The van der Waals surface area contributed by atoms with Crippen LogP contribution >= 0.6 is 0 Å². The number of aliphatic hydroxyl groups excluding tert-OH is 1. The van der Waals surface area contributed by atoms with Gasteiger partial charge in [0, 0.05) is 5.69 Å². The maximum absolute atomic E-state index is 12.8. The number of aliphatic hydroxyl groups is 1. The highest BCUT2D eigenvalue weighted by Crippen LogP contribution is 2.11. The molecular weight excluding hydrogens is 189 g/mol. The molecule has 0 atom stereocenters. The quantitative estimate of drug-likeness (QED) is 0.551. The number of halogens is 1. The van der Waals surface area contributed by atoms with E-state index in [1.54, 1.807) is 0 Å². The molecule has 0 amide bonds. The summed E-state index contributed by atoms with van der Waals surface area (Å²) >= 11 is 0. The molecule has 5 heteroatoms. The predicted octanol–water partition coefficient (Wildman–Crippen LogP) is 0.557. The van der Waals surface area contributed by atoms with Crippen LogP contribution < -0.4 is 5.73 Å². The lowest BCUT2D eigenvalue weighted by Crippen LogP contribution is -2.09. The van der Waals surface area contributed by atoms with Crippen LogP contribution in [0.5, 0.6) is 0 Å². The van der Waals surface area contributed by atoms with Crippen molar-refractivity contribution in [2.75, 3.05) is 18.9 Å². The number of nitrogens with two attached hydrogens (primary N) is 1. The van der Waals surface area contributed by atoms with Crippen LogP contribution in [0.3, 0.4) is 0 Å². The zero-order valence-electron chi connectivity index (χ0n) is 7.37. The average molecular weight is 199 g/mol. The molecule has 0 bridgehead atoms. The molecule has 76 valence electrons. The molecule has 0 aliphatic heterocycles. The van der Waals surface area contributed by atoms with Crippen molar-refractivity contribution in [3.8, 4) is 0 Å². The van der Waals surface area contributed by atoms with E-state index in [0.717, 1.165) is 12.1 Å². The first-order chi connectivity index (χ1) is 6.63. The van der Waals surface area contributed by atoms with Crippen LogP contribution in [0, 0.1) is 5.82 Å². The van der Waals surface area contributed by atoms with E-state index >= 15 is 0 Å². The SMILES string of the molecule is Nc1cc(F)cc(C(=O)OCCO)c1. The molecule has 1 aromatic rings. The lowest BCUT2D eigenvalue weighted by molar-refractivity contribution is 0.0433. The summed E-state index contributed by atoms with van der Waals surface area (Å²) in [5, 5.41) is 8.40. The Morgan fingerprint density at radius 3 is 2.79 bits per heavy atom. The fourth-order valence-electron chi connectivity index (χ4n) is 0.952. The van der Waals surface area contributed by atoms with Gasteiger partial charge in [-0.3, -0.25) is 0 Å². The van der Waals surface area contributed by atoms with Gasteiger partial charge in [-0.2, -0.15) is 0 Å². The maximum Gasteiger partial charge on any atom is 0.338 e. The number of anilines is 1. The normalized spacial score (nSPS) is 9.86. The Morgan fingerprint density at radius 2 is 2.21 bits per heavy atom. The van der Waals surface area contributed by atoms with Gasteiger partial charge in [0.05, 0.1) is 12.2 Å². The van der Waals surface area contributed by atoms with Crippen LogP contribution in [0.15, 0.2) is 18.2 Å². The Balaban J connectivity index is 2.79. The van der Waals surface area contributed by atoms with Gasteiger partial charge in [0.15, 0.2) is 0 Å². The Kier molecular flexibility index (Phi) is 3.41. The van der Waals surface area contributed by atoms with Crippen molar-refractivity contribution < 1.29 is 19.0 Å². The van der Waals surface area contributed by atoms with Gasteiger partial charge >= 0.3 is 5.97 Å². The van der Waals surface area contributed by atoms with Crippen molar-refractivity contribution in [3.05, 3.63) is 29.6 Å². The minimum absolute atomic E-state index is 0.0379. The zero-order chi connectivity index (χ0) is 10.6. The van der Waals surface area contributed by atoms with Gasteiger partial charge in [-0.1, -0.05) is 0 Å². The van der Waals surface area contributed by atoms with E-state index in [1.165, 1.54) is 6.07 Å². The zero-order valence-corrected chi connectivity index (χ0v) is 7.37. The van der Waals surface area contributed by atoms with Gasteiger partial charge < -0.3 is 15.6 Å². The van der Waals surface area contributed by atoms with Crippen molar-refractivity contribution in [1.29, 1.82) is 0 Å². The molecule has 0 spiro atoms. The second-order valence-electron chi connectivity index (χ2n) is 2.63. The number of esters is 1. The van der Waals surface area contributed by atoms with Crippen LogP contribution in [0.4, 0.5) is 10.1 Å². The monoisotopic (exact) mass is 199 g/mol. The number of carbonyl (C=O) groups excluding carboxylic acids is 1. The van der Waals surface area contributed by atoms with Crippen LogP contribution in [-0.2, 0) is 4.74 Å². The summed E-state index contributed by atoms with van der Waals surface area (Å²) < 4.78 is 17.3. The fourth-order valence-corrected chi connectivity index (χ4v) is 0.952. The van der Waals surface area contributed by atoms with E-state index in [4.69, 9.17) is 10.8 Å². The van der Waals surface area contributed by atoms with Crippen molar-refractivity contribution in [2.24, 2.45) is 0 Å². The Labute approximate surface area is 80.1 Å². The van der Waals surface area contributed by atoms with E-state index in [2.05, 4.69) is 4.74 Å². The predicted molar refractivity (Wildman–Crippen MR) is 48.2 cm³/mol. The van der Waals surface area contributed by atoms with Gasteiger partial charge in [-0.25, -0.2) is 9.18 Å². The van der Waals surface area contributed by atoms with Gasteiger partial charge in [0.1, 0.15) is 12.4 Å². The Morgan fingerprint density at radius 1 is 1.50 bits per heavy atom. The van der Waals surface area contributed by atoms with Crippen LogP contribution in [0.2, 0.25) is 0 Å². The van der Waals surface area contributed by atoms with Gasteiger partial charge in [-0.05, 0) is 18.2 Å². The second kappa shape index (κ2) is 4.57. The molecule has 0 fully saturated rings. The minimum Gasteiger partial charge on any atom is -0.460 e. The summed E-state index contributed by atoms with van der Waals surface area (Å²) in [6.07, 6.45) is 0. The third kappa shape index (κ3) is 2.70. The average Bonchev–Trinajstić information content (AvgIpc) is 2.12. The lowest BCUT2D eigenvalue weighted by atomic mass is 10.2. The number of rotatable bonds is 3. The highest BCUT2D eigenvalue weighted by Gasteiger charge is 2.08. The molecule has 0 heterocycles. The molecule has 4 nitrogen and oxygen atoms in total. The highest BCUT2D eigenvalue weighted by molar-refractivity contribution is 5.90. The molecule has 0 unspecified atom stereocenters. The third-order valence-corrected chi connectivity index (χ3v) is 1.48. The molecule has 14 heavy (non-hydrogen) atoms. The summed E-state index contributed by atoms with van der Waals surface area (Å²) in [5.74, 6) is -1.30. The van der Waals surface area contributed by atoms with Crippen LogP contribution in [0.1, 0.15) is 10.4 Å². The van der Waals surface area contributed by atoms with E-state index in [-0.39, 0.29) is 24.5 Å². The number of nitrogen functional groups attached to an aromatic ring is 1. The highest BCUT2D eigenvalue weighted by atomic mass is 19.1. The fraction of sp³-hybridized carbons (Fsp3) is 0.222. The Hall–Kier alpha value is -1.62. The molecule has 0 saturated heterocycles. The first-order valence-electron chi connectivity index (χ1n) is 3.97. The lowest BCUT2D eigenvalue weighted by Gasteiger charge is -2.03. The largest absolute Gasteiger partial charge is 0.460 e. The van der Waals surface area contributed by atoms with Gasteiger partial charge in [0.25, 0.3) is 0 Å². The molecule has 0 aliphatic rings. The first-order valence-corrected chi connectivity index (χ1v) is 3.97. The van der Waals surface area contributed by atoms with Gasteiger partial charge in [-0.15, -0.1) is 0 Å². The smallest absolute Gasteiger partial charge is 0.338 e.